The number of rotatable bonds is 6. The first-order valence-electron chi connectivity index (χ1n) is 3.97. The van der Waals surface area contributed by atoms with Gasteiger partial charge in [0.1, 0.15) is 24.9 Å². The van der Waals surface area contributed by atoms with E-state index in [2.05, 4.69) is 11.3 Å². The van der Waals surface area contributed by atoms with Crippen molar-refractivity contribution in [2.45, 2.75) is 18.3 Å². The molecule has 0 aliphatic heterocycles. The fourth-order valence-corrected chi connectivity index (χ4v) is 0.689. The highest BCUT2D eigenvalue weighted by Crippen LogP contribution is 2.00. The smallest absolute Gasteiger partial charge is 0.330 e. The van der Waals surface area contributed by atoms with Crippen LogP contribution in [0.15, 0.2) is 12.7 Å². The third-order valence-electron chi connectivity index (χ3n) is 1.54. The lowest BCUT2D eigenvalue weighted by Gasteiger charge is -2.20. The predicted molar refractivity (Wildman–Crippen MR) is 46.3 cm³/mol. The molecule has 0 aromatic rings. The van der Waals surface area contributed by atoms with Crippen molar-refractivity contribution in [2.24, 2.45) is 0 Å². The van der Waals surface area contributed by atoms with Gasteiger partial charge in [-0.25, -0.2) is 4.79 Å². The lowest BCUT2D eigenvalue weighted by atomic mass is 10.1. The van der Waals surface area contributed by atoms with Gasteiger partial charge in [-0.2, -0.15) is 0 Å². The molecule has 0 saturated carbocycles. The SMILES string of the molecule is C=CC(=O)OCC(O)C(O)C(O)CO. The van der Waals surface area contributed by atoms with Gasteiger partial charge < -0.3 is 25.2 Å². The second kappa shape index (κ2) is 6.50. The van der Waals surface area contributed by atoms with Crippen molar-refractivity contribution in [3.05, 3.63) is 12.7 Å². The van der Waals surface area contributed by atoms with E-state index in [9.17, 15) is 4.79 Å². The standard InChI is InChI=1S/C8H14O6/c1-2-7(12)14-4-6(11)8(13)5(10)3-9/h2,5-6,8-11,13H,1,3-4H2. The van der Waals surface area contributed by atoms with E-state index in [0.29, 0.717) is 0 Å². The third-order valence-corrected chi connectivity index (χ3v) is 1.54. The van der Waals surface area contributed by atoms with Crippen LogP contribution in [0.25, 0.3) is 0 Å². The molecule has 0 heterocycles. The molecule has 0 bridgehead atoms. The number of hydrogen-bond acceptors (Lipinski definition) is 6. The van der Waals surface area contributed by atoms with Crippen LogP contribution in [0.5, 0.6) is 0 Å². The van der Waals surface area contributed by atoms with Crippen LogP contribution in [0.3, 0.4) is 0 Å². The molecule has 0 fully saturated rings. The zero-order valence-corrected chi connectivity index (χ0v) is 7.54. The normalized spacial score (nSPS) is 16.9. The van der Waals surface area contributed by atoms with Gasteiger partial charge in [-0.05, 0) is 0 Å². The van der Waals surface area contributed by atoms with Gasteiger partial charge in [0.05, 0.1) is 6.61 Å². The van der Waals surface area contributed by atoms with E-state index in [1.54, 1.807) is 0 Å². The number of aliphatic hydroxyl groups excluding tert-OH is 4. The second-order valence-electron chi connectivity index (χ2n) is 2.64. The van der Waals surface area contributed by atoms with Gasteiger partial charge in [0.25, 0.3) is 0 Å². The Morgan fingerprint density at radius 2 is 1.93 bits per heavy atom. The molecule has 3 unspecified atom stereocenters. The van der Waals surface area contributed by atoms with Crippen molar-refractivity contribution in [3.8, 4) is 0 Å². The van der Waals surface area contributed by atoms with Gasteiger partial charge in [0, 0.05) is 6.08 Å². The van der Waals surface area contributed by atoms with E-state index in [0.717, 1.165) is 6.08 Å². The molecular weight excluding hydrogens is 192 g/mol. The topological polar surface area (TPSA) is 107 Å². The van der Waals surface area contributed by atoms with Crippen LogP contribution in [-0.2, 0) is 9.53 Å². The molecule has 0 aromatic heterocycles. The van der Waals surface area contributed by atoms with E-state index in [4.69, 9.17) is 20.4 Å². The number of hydrogen-bond donors (Lipinski definition) is 4. The summed E-state index contributed by atoms with van der Waals surface area (Å²) in [4.78, 5) is 10.5. The van der Waals surface area contributed by atoms with Crippen molar-refractivity contribution >= 4 is 5.97 Å². The summed E-state index contributed by atoms with van der Waals surface area (Å²) >= 11 is 0. The van der Waals surface area contributed by atoms with E-state index in [-0.39, 0.29) is 0 Å². The molecular formula is C8H14O6. The number of aliphatic hydroxyl groups is 4. The van der Waals surface area contributed by atoms with Crippen LogP contribution in [-0.4, -0.2) is 57.9 Å². The van der Waals surface area contributed by atoms with Crippen LogP contribution < -0.4 is 0 Å². The number of carbonyl (C=O) groups excluding carboxylic acids is 1. The van der Waals surface area contributed by atoms with Gasteiger partial charge in [-0.3, -0.25) is 0 Å². The zero-order valence-electron chi connectivity index (χ0n) is 7.54. The molecule has 0 aliphatic rings. The van der Waals surface area contributed by atoms with Crippen LogP contribution >= 0.6 is 0 Å². The van der Waals surface area contributed by atoms with E-state index in [1.165, 1.54) is 0 Å². The minimum absolute atomic E-state index is 0.469. The fourth-order valence-electron chi connectivity index (χ4n) is 0.689. The first kappa shape index (κ1) is 13.1. The Labute approximate surface area is 81.1 Å². The van der Waals surface area contributed by atoms with Gasteiger partial charge in [-0.15, -0.1) is 0 Å². The molecule has 14 heavy (non-hydrogen) atoms. The minimum atomic E-state index is -1.56. The maximum atomic E-state index is 10.5. The second-order valence-corrected chi connectivity index (χ2v) is 2.64. The molecule has 4 N–H and O–H groups in total. The van der Waals surface area contributed by atoms with Crippen molar-refractivity contribution in [1.29, 1.82) is 0 Å². The number of ether oxygens (including phenoxy) is 1. The quantitative estimate of drug-likeness (QED) is 0.290. The van der Waals surface area contributed by atoms with Crippen LogP contribution in [0.4, 0.5) is 0 Å². The maximum absolute atomic E-state index is 10.5. The van der Waals surface area contributed by atoms with E-state index < -0.39 is 37.5 Å². The van der Waals surface area contributed by atoms with Gasteiger partial charge >= 0.3 is 5.97 Å². The Kier molecular flexibility index (Phi) is 6.06. The molecule has 0 saturated heterocycles. The molecule has 0 spiro atoms. The third kappa shape index (κ3) is 4.33. The molecule has 6 heteroatoms. The number of carbonyl (C=O) groups is 1. The monoisotopic (exact) mass is 206 g/mol. The van der Waals surface area contributed by atoms with Crippen LogP contribution in [0.2, 0.25) is 0 Å². The summed E-state index contributed by atoms with van der Waals surface area (Å²) in [5, 5.41) is 35.6. The summed E-state index contributed by atoms with van der Waals surface area (Å²) < 4.78 is 4.41. The molecule has 82 valence electrons. The van der Waals surface area contributed by atoms with Gasteiger partial charge in [-0.1, -0.05) is 6.58 Å². The molecule has 6 nitrogen and oxygen atoms in total. The average molecular weight is 206 g/mol. The summed E-state index contributed by atoms with van der Waals surface area (Å²) in [6, 6.07) is 0. The highest BCUT2D eigenvalue weighted by Gasteiger charge is 2.24. The van der Waals surface area contributed by atoms with Crippen molar-refractivity contribution in [1.82, 2.24) is 0 Å². The Bertz CT molecular complexity index is 192. The lowest BCUT2D eigenvalue weighted by Crippen LogP contribution is -2.42. The molecule has 0 amide bonds. The minimum Gasteiger partial charge on any atom is -0.460 e. The first-order chi connectivity index (χ1) is 6.52. The van der Waals surface area contributed by atoms with Crippen LogP contribution in [0, 0.1) is 0 Å². The first-order valence-corrected chi connectivity index (χ1v) is 3.97. The van der Waals surface area contributed by atoms with Crippen LogP contribution in [0.1, 0.15) is 0 Å². The van der Waals surface area contributed by atoms with Gasteiger partial charge in [0.15, 0.2) is 0 Å². The molecule has 0 aromatic carbocycles. The Balaban J connectivity index is 3.88. The summed E-state index contributed by atoms with van der Waals surface area (Å²) in [6.07, 6.45) is -3.56. The average Bonchev–Trinajstić information content (AvgIpc) is 2.22. The highest BCUT2D eigenvalue weighted by molar-refractivity contribution is 5.81. The van der Waals surface area contributed by atoms with Crippen molar-refractivity contribution < 1.29 is 30.0 Å². The summed E-state index contributed by atoms with van der Waals surface area (Å²) in [7, 11) is 0. The summed E-state index contributed by atoms with van der Waals surface area (Å²) in [5.74, 6) is -0.741. The van der Waals surface area contributed by atoms with Crippen molar-refractivity contribution in [3.63, 3.8) is 0 Å². The molecule has 3 atom stereocenters. The maximum Gasteiger partial charge on any atom is 0.330 e. The fraction of sp³-hybridized carbons (Fsp3) is 0.625. The van der Waals surface area contributed by atoms with Gasteiger partial charge in [0.2, 0.25) is 0 Å². The largest absolute Gasteiger partial charge is 0.460 e. The summed E-state index contributed by atoms with van der Waals surface area (Å²) in [6.45, 7) is 1.97. The predicted octanol–water partition coefficient (Wildman–Crippen LogP) is -2.21. The highest BCUT2D eigenvalue weighted by atomic mass is 16.5. The molecule has 0 radical (unpaired) electrons. The van der Waals surface area contributed by atoms with E-state index >= 15 is 0 Å². The number of esters is 1. The zero-order chi connectivity index (χ0) is 11.1. The lowest BCUT2D eigenvalue weighted by molar-refractivity contribution is -0.146. The molecule has 0 aliphatic carbocycles. The van der Waals surface area contributed by atoms with Crippen molar-refractivity contribution in [2.75, 3.05) is 13.2 Å². The summed E-state index contributed by atoms with van der Waals surface area (Å²) in [5.41, 5.74) is 0. The van der Waals surface area contributed by atoms with E-state index in [1.807, 2.05) is 0 Å². The molecule has 0 rings (SSSR count). The Hall–Kier alpha value is -0.950. The Morgan fingerprint density at radius 3 is 2.36 bits per heavy atom. The Morgan fingerprint density at radius 1 is 1.36 bits per heavy atom.